The van der Waals surface area contributed by atoms with Crippen molar-refractivity contribution >= 4 is 11.5 Å². The number of carboxylic acid groups (broad SMARTS) is 1. The van der Waals surface area contributed by atoms with Gasteiger partial charge in [-0.05, 0) is 18.4 Å². The highest BCUT2D eigenvalue weighted by Crippen LogP contribution is 2.25. The van der Waals surface area contributed by atoms with Gasteiger partial charge in [0.2, 0.25) is 5.76 Å². The minimum Gasteiger partial charge on any atom is -0.490 e. The Kier molecular flexibility index (Phi) is 5.98. The number of carboxylic acids is 1. The van der Waals surface area contributed by atoms with Crippen LogP contribution in [0.25, 0.3) is 5.57 Å². The van der Waals surface area contributed by atoms with Crippen LogP contribution in [0.1, 0.15) is 38.2 Å². The topological polar surface area (TPSA) is 46.5 Å². The fourth-order valence-electron chi connectivity index (χ4n) is 1.92. The summed E-state index contributed by atoms with van der Waals surface area (Å²) in [6.07, 6.45) is 3.90. The molecule has 0 aromatic heterocycles. The predicted molar refractivity (Wildman–Crippen MR) is 72.1 cm³/mol. The van der Waals surface area contributed by atoms with Crippen molar-refractivity contribution in [2.24, 2.45) is 0 Å². The first-order valence-electron chi connectivity index (χ1n) is 6.26. The van der Waals surface area contributed by atoms with E-state index >= 15 is 0 Å². The van der Waals surface area contributed by atoms with E-state index in [0.717, 1.165) is 36.8 Å². The Hall–Kier alpha value is -1.77. The lowest BCUT2D eigenvalue weighted by Gasteiger charge is -2.11. The van der Waals surface area contributed by atoms with Gasteiger partial charge >= 0.3 is 5.97 Å². The third-order valence-electron chi connectivity index (χ3n) is 2.83. The second-order valence-corrected chi connectivity index (χ2v) is 4.14. The molecule has 0 radical (unpaired) electrons. The van der Waals surface area contributed by atoms with Crippen LogP contribution < -0.4 is 0 Å². The molecule has 3 heteroatoms. The Balaban J connectivity index is 3.05. The number of unbranched alkanes of at least 4 members (excludes halogenated alkanes) is 2. The molecule has 1 N–H and O–H groups in total. The van der Waals surface area contributed by atoms with Crippen LogP contribution in [0.3, 0.4) is 0 Å². The molecule has 0 saturated heterocycles. The minimum absolute atomic E-state index is 0.0531. The van der Waals surface area contributed by atoms with E-state index in [0.29, 0.717) is 0 Å². The molecule has 0 unspecified atom stereocenters. The third-order valence-corrected chi connectivity index (χ3v) is 2.83. The molecule has 18 heavy (non-hydrogen) atoms. The molecule has 3 nitrogen and oxygen atoms in total. The van der Waals surface area contributed by atoms with Crippen molar-refractivity contribution in [3.05, 3.63) is 41.7 Å². The maximum Gasteiger partial charge on any atom is 0.371 e. The van der Waals surface area contributed by atoms with Crippen LogP contribution in [-0.4, -0.2) is 18.2 Å². The first kappa shape index (κ1) is 14.3. The van der Waals surface area contributed by atoms with Crippen molar-refractivity contribution < 1.29 is 14.6 Å². The smallest absolute Gasteiger partial charge is 0.371 e. The molecule has 0 amide bonds. The SMILES string of the molecule is CCCCCC(=C(OC)C(=O)O)c1ccccc1. The molecule has 0 spiro atoms. The van der Waals surface area contributed by atoms with E-state index in [9.17, 15) is 9.90 Å². The summed E-state index contributed by atoms with van der Waals surface area (Å²) in [7, 11) is 1.41. The lowest BCUT2D eigenvalue weighted by molar-refractivity contribution is -0.135. The van der Waals surface area contributed by atoms with E-state index < -0.39 is 5.97 Å². The Bertz CT molecular complexity index is 407. The lowest BCUT2D eigenvalue weighted by atomic mass is 9.98. The number of hydrogen-bond donors (Lipinski definition) is 1. The number of hydrogen-bond acceptors (Lipinski definition) is 2. The van der Waals surface area contributed by atoms with E-state index in [1.165, 1.54) is 7.11 Å². The highest BCUT2D eigenvalue weighted by atomic mass is 16.5. The summed E-state index contributed by atoms with van der Waals surface area (Å²) < 4.78 is 5.04. The van der Waals surface area contributed by atoms with Crippen LogP contribution >= 0.6 is 0 Å². The fourth-order valence-corrected chi connectivity index (χ4v) is 1.92. The average molecular weight is 248 g/mol. The Morgan fingerprint density at radius 2 is 1.89 bits per heavy atom. The van der Waals surface area contributed by atoms with E-state index in [1.54, 1.807) is 0 Å². The molecule has 0 saturated carbocycles. The summed E-state index contributed by atoms with van der Waals surface area (Å²) in [6, 6.07) is 9.57. The predicted octanol–water partition coefficient (Wildman–Crippen LogP) is 3.71. The molecule has 0 atom stereocenters. The Morgan fingerprint density at radius 1 is 1.22 bits per heavy atom. The van der Waals surface area contributed by atoms with Gasteiger partial charge in [0, 0.05) is 5.57 Å². The number of benzene rings is 1. The summed E-state index contributed by atoms with van der Waals surface area (Å²) in [5.41, 5.74) is 1.70. The van der Waals surface area contributed by atoms with Crippen LogP contribution in [0.5, 0.6) is 0 Å². The van der Waals surface area contributed by atoms with Crippen LogP contribution in [0.15, 0.2) is 36.1 Å². The first-order chi connectivity index (χ1) is 8.70. The molecule has 0 fully saturated rings. The second-order valence-electron chi connectivity index (χ2n) is 4.14. The number of aliphatic carboxylic acids is 1. The number of ether oxygens (including phenoxy) is 1. The molecular formula is C15H20O3. The molecule has 0 aliphatic heterocycles. The van der Waals surface area contributed by atoms with E-state index in [-0.39, 0.29) is 5.76 Å². The van der Waals surface area contributed by atoms with Gasteiger partial charge in [0.25, 0.3) is 0 Å². The molecule has 0 heterocycles. The van der Waals surface area contributed by atoms with Gasteiger partial charge in [0.05, 0.1) is 7.11 Å². The molecule has 1 rings (SSSR count). The van der Waals surface area contributed by atoms with Crippen molar-refractivity contribution in [1.29, 1.82) is 0 Å². The number of carbonyl (C=O) groups is 1. The molecule has 1 aromatic carbocycles. The van der Waals surface area contributed by atoms with Crippen molar-refractivity contribution in [1.82, 2.24) is 0 Å². The highest BCUT2D eigenvalue weighted by molar-refractivity contribution is 5.94. The largest absolute Gasteiger partial charge is 0.490 e. The lowest BCUT2D eigenvalue weighted by Crippen LogP contribution is -2.06. The monoisotopic (exact) mass is 248 g/mol. The van der Waals surface area contributed by atoms with Gasteiger partial charge in [0.1, 0.15) is 0 Å². The van der Waals surface area contributed by atoms with Crippen molar-refractivity contribution in [3.63, 3.8) is 0 Å². The summed E-state index contributed by atoms with van der Waals surface area (Å²) >= 11 is 0. The van der Waals surface area contributed by atoms with Crippen LogP contribution in [0.2, 0.25) is 0 Å². The van der Waals surface area contributed by atoms with Gasteiger partial charge < -0.3 is 9.84 Å². The fraction of sp³-hybridized carbons (Fsp3) is 0.400. The Labute approximate surface area is 108 Å². The zero-order valence-corrected chi connectivity index (χ0v) is 11.0. The Morgan fingerprint density at radius 3 is 2.39 bits per heavy atom. The molecule has 0 bridgehead atoms. The molecule has 0 aliphatic rings. The van der Waals surface area contributed by atoms with Gasteiger partial charge in [-0.25, -0.2) is 4.79 Å². The number of methoxy groups -OCH3 is 1. The summed E-state index contributed by atoms with van der Waals surface area (Å²) in [6.45, 7) is 2.13. The third kappa shape index (κ3) is 3.91. The van der Waals surface area contributed by atoms with Crippen molar-refractivity contribution in [2.45, 2.75) is 32.6 Å². The average Bonchev–Trinajstić information content (AvgIpc) is 2.38. The van der Waals surface area contributed by atoms with Crippen LogP contribution in [0, 0.1) is 0 Å². The van der Waals surface area contributed by atoms with Gasteiger partial charge in [-0.2, -0.15) is 0 Å². The van der Waals surface area contributed by atoms with E-state index in [4.69, 9.17) is 4.74 Å². The van der Waals surface area contributed by atoms with Crippen LogP contribution in [-0.2, 0) is 9.53 Å². The minimum atomic E-state index is -1.01. The summed E-state index contributed by atoms with van der Waals surface area (Å²) in [4.78, 5) is 11.2. The maximum absolute atomic E-state index is 11.2. The van der Waals surface area contributed by atoms with Gasteiger partial charge in [0.15, 0.2) is 0 Å². The maximum atomic E-state index is 11.2. The van der Waals surface area contributed by atoms with Gasteiger partial charge in [-0.1, -0.05) is 50.1 Å². The van der Waals surface area contributed by atoms with Crippen LogP contribution in [0.4, 0.5) is 0 Å². The number of allylic oxidation sites excluding steroid dienone is 1. The second kappa shape index (κ2) is 7.54. The number of rotatable bonds is 7. The van der Waals surface area contributed by atoms with Crippen molar-refractivity contribution in [2.75, 3.05) is 7.11 Å². The standard InChI is InChI=1S/C15H20O3/c1-3-4-6-11-13(14(18-2)15(16)17)12-9-7-5-8-10-12/h5,7-10H,3-4,6,11H2,1-2H3,(H,16,17). The summed E-state index contributed by atoms with van der Waals surface area (Å²) in [5.74, 6) is -0.954. The van der Waals surface area contributed by atoms with E-state index in [1.807, 2.05) is 30.3 Å². The molecule has 1 aromatic rings. The first-order valence-corrected chi connectivity index (χ1v) is 6.26. The normalized spacial score (nSPS) is 11.9. The highest BCUT2D eigenvalue weighted by Gasteiger charge is 2.16. The quantitative estimate of drug-likeness (QED) is 0.454. The zero-order chi connectivity index (χ0) is 13.4. The van der Waals surface area contributed by atoms with E-state index in [2.05, 4.69) is 6.92 Å². The van der Waals surface area contributed by atoms with Gasteiger partial charge in [-0.15, -0.1) is 0 Å². The molecular weight excluding hydrogens is 228 g/mol. The van der Waals surface area contributed by atoms with Gasteiger partial charge in [-0.3, -0.25) is 0 Å². The van der Waals surface area contributed by atoms with Crippen molar-refractivity contribution in [3.8, 4) is 0 Å². The zero-order valence-electron chi connectivity index (χ0n) is 11.0. The molecule has 0 aliphatic carbocycles. The summed E-state index contributed by atoms with van der Waals surface area (Å²) in [5, 5.41) is 9.18. The molecule has 98 valence electrons.